The Labute approximate surface area is 180 Å². The maximum absolute atomic E-state index is 5.31. The summed E-state index contributed by atoms with van der Waals surface area (Å²) in [5.41, 5.74) is 4.92. The number of thiocarbonyl (C=S) groups is 2. The van der Waals surface area contributed by atoms with Crippen molar-refractivity contribution in [1.29, 1.82) is 0 Å². The molecule has 6 rings (SSSR count). The number of hydrogen-bond acceptors (Lipinski definition) is 2. The lowest BCUT2D eigenvalue weighted by molar-refractivity contribution is 0.824. The Morgan fingerprint density at radius 3 is 1.24 bits per heavy atom. The van der Waals surface area contributed by atoms with Crippen LogP contribution in [0.15, 0.2) is 84.9 Å². The van der Waals surface area contributed by atoms with Gasteiger partial charge in [0, 0.05) is 20.9 Å². The third-order valence-corrected chi connectivity index (χ3v) is 5.95. The van der Waals surface area contributed by atoms with Crippen molar-refractivity contribution in [2.24, 2.45) is 0 Å². The molecule has 2 N–H and O–H groups in total. The highest BCUT2D eigenvalue weighted by molar-refractivity contribution is 7.81. The van der Waals surface area contributed by atoms with E-state index in [1.54, 1.807) is 0 Å². The lowest BCUT2D eigenvalue weighted by atomic mass is 9.93. The van der Waals surface area contributed by atoms with Gasteiger partial charge in [-0.05, 0) is 44.8 Å². The zero-order chi connectivity index (χ0) is 19.1. The molecule has 0 saturated heterocycles. The highest BCUT2D eigenvalue weighted by Gasteiger charge is 2.11. The van der Waals surface area contributed by atoms with E-state index in [-0.39, 0.29) is 5.48 Å². The fourth-order valence-electron chi connectivity index (χ4n) is 3.94. The first-order chi connectivity index (χ1) is 13.7. The van der Waals surface area contributed by atoms with Crippen LogP contribution >= 0.6 is 24.4 Å². The molecule has 0 spiro atoms. The van der Waals surface area contributed by atoms with E-state index in [1.807, 2.05) is 12.2 Å². The Balaban J connectivity index is 0.000000137. The third-order valence-electron chi connectivity index (χ3n) is 5.23. The van der Waals surface area contributed by atoms with Gasteiger partial charge in [-0.25, -0.2) is 0 Å². The summed E-state index contributed by atoms with van der Waals surface area (Å²) in [5, 5.41) is 5.13. The van der Waals surface area contributed by atoms with Crippen molar-refractivity contribution in [2.75, 3.05) is 0 Å². The molecule has 0 saturated carbocycles. The van der Waals surface area contributed by atoms with Gasteiger partial charge in [-0.15, -0.1) is 0 Å². The summed E-state index contributed by atoms with van der Waals surface area (Å²) < 4.78 is 0. The fourth-order valence-corrected chi connectivity index (χ4v) is 4.42. The molecule has 0 unspecified atom stereocenters. The van der Waals surface area contributed by atoms with Crippen LogP contribution in [-0.2, 0) is 0 Å². The van der Waals surface area contributed by atoms with Crippen molar-refractivity contribution in [2.45, 2.75) is 0 Å². The zero-order valence-electron chi connectivity index (χ0n) is 15.6. The molecule has 2 aliphatic rings. The first-order valence-corrected chi connectivity index (χ1v) is 10.0. The Morgan fingerprint density at radius 2 is 0.828 bits per heavy atom. The molecule has 0 aromatic heterocycles. The summed E-state index contributed by atoms with van der Waals surface area (Å²) in [6, 6.07) is 25.3. The maximum atomic E-state index is 5.31. The van der Waals surface area contributed by atoms with Crippen LogP contribution in [0, 0.1) is 0 Å². The smallest absolute Gasteiger partial charge is 0.0456 e. The van der Waals surface area contributed by atoms with Crippen LogP contribution in [-0.4, -0.2) is 15.2 Å². The molecule has 0 bridgehead atoms. The first-order valence-electron chi connectivity index (χ1n) is 9.21. The second-order valence-electron chi connectivity index (χ2n) is 6.90. The summed E-state index contributed by atoms with van der Waals surface area (Å²) in [7, 11) is 0. The molecule has 0 radical (unpaired) electrons. The minimum absolute atomic E-state index is 0. The van der Waals surface area contributed by atoms with Crippen LogP contribution in [0.2, 0.25) is 0 Å². The van der Waals surface area contributed by atoms with Gasteiger partial charge in [0.1, 0.15) is 0 Å². The molecular weight excluding hydrogens is 392 g/mol. The monoisotopic (exact) mass is 410 g/mol. The molecule has 4 aromatic rings. The van der Waals surface area contributed by atoms with E-state index >= 15 is 0 Å². The second kappa shape index (κ2) is 7.80. The summed E-state index contributed by atoms with van der Waals surface area (Å²) >= 11 is 10.6. The Morgan fingerprint density at radius 1 is 0.448 bits per heavy atom. The summed E-state index contributed by atoms with van der Waals surface area (Å²) in [4.78, 5) is 1.88. The summed E-state index contributed by atoms with van der Waals surface area (Å²) in [6.45, 7) is 0. The standard InChI is InChI=1S/2C13H8S.H2O/c2*14-12-8-7-10-4-1-3-9-5-2-6-11(12)13(9)10;/h2*1-8H;1H2. The molecule has 0 atom stereocenters. The lowest BCUT2D eigenvalue weighted by Crippen LogP contribution is -1.99. The molecule has 0 fully saturated rings. The first kappa shape index (κ1) is 19.3. The number of benzene rings is 4. The van der Waals surface area contributed by atoms with Crippen LogP contribution in [0.25, 0.3) is 33.7 Å². The molecule has 2 aliphatic carbocycles. The van der Waals surface area contributed by atoms with Gasteiger partial charge < -0.3 is 5.48 Å². The minimum Gasteiger partial charge on any atom is -0.412 e. The van der Waals surface area contributed by atoms with Gasteiger partial charge in [0.25, 0.3) is 0 Å². The zero-order valence-corrected chi connectivity index (χ0v) is 17.2. The Bertz CT molecular complexity index is 1230. The van der Waals surface area contributed by atoms with Crippen molar-refractivity contribution in [1.82, 2.24) is 0 Å². The molecule has 29 heavy (non-hydrogen) atoms. The van der Waals surface area contributed by atoms with E-state index < -0.39 is 0 Å². The number of hydrogen-bond donors (Lipinski definition) is 0. The Hall–Kier alpha value is -2.98. The minimum atomic E-state index is 0. The van der Waals surface area contributed by atoms with Crippen molar-refractivity contribution >= 4 is 67.9 Å². The molecule has 0 heterocycles. The number of allylic oxidation sites excluding steroid dienone is 2. The quantitative estimate of drug-likeness (QED) is 0.317. The van der Waals surface area contributed by atoms with Gasteiger partial charge in [0.15, 0.2) is 0 Å². The predicted molar refractivity (Wildman–Crippen MR) is 133 cm³/mol. The predicted octanol–water partition coefficient (Wildman–Crippen LogP) is 6.34. The van der Waals surface area contributed by atoms with Gasteiger partial charge in [-0.1, -0.05) is 109 Å². The van der Waals surface area contributed by atoms with Crippen LogP contribution in [0.5, 0.6) is 0 Å². The van der Waals surface area contributed by atoms with Crippen LogP contribution in [0.4, 0.5) is 0 Å². The molecule has 0 aliphatic heterocycles. The average molecular weight is 411 g/mol. The van der Waals surface area contributed by atoms with Gasteiger partial charge in [0.2, 0.25) is 0 Å². The summed E-state index contributed by atoms with van der Waals surface area (Å²) in [5.74, 6) is 0. The van der Waals surface area contributed by atoms with E-state index in [2.05, 4.69) is 84.9 Å². The van der Waals surface area contributed by atoms with E-state index in [0.717, 1.165) is 9.73 Å². The van der Waals surface area contributed by atoms with Crippen molar-refractivity contribution in [3.8, 4) is 0 Å². The van der Waals surface area contributed by atoms with E-state index in [0.29, 0.717) is 0 Å². The van der Waals surface area contributed by atoms with Crippen LogP contribution in [0.3, 0.4) is 0 Å². The highest BCUT2D eigenvalue weighted by Crippen LogP contribution is 2.29. The maximum Gasteiger partial charge on any atom is 0.0456 e. The second-order valence-corrected chi connectivity index (χ2v) is 7.78. The van der Waals surface area contributed by atoms with Gasteiger partial charge in [-0.2, -0.15) is 0 Å². The molecule has 1 nitrogen and oxygen atoms in total. The number of rotatable bonds is 0. The third kappa shape index (κ3) is 3.34. The van der Waals surface area contributed by atoms with E-state index in [4.69, 9.17) is 24.4 Å². The van der Waals surface area contributed by atoms with E-state index in [9.17, 15) is 0 Å². The van der Waals surface area contributed by atoms with Crippen LogP contribution in [0.1, 0.15) is 22.3 Å². The van der Waals surface area contributed by atoms with Crippen LogP contribution < -0.4 is 0 Å². The normalized spacial score (nSPS) is 13.1. The fraction of sp³-hybridized carbons (Fsp3) is 0. The van der Waals surface area contributed by atoms with Crippen molar-refractivity contribution in [3.63, 3.8) is 0 Å². The topological polar surface area (TPSA) is 31.5 Å². The van der Waals surface area contributed by atoms with Gasteiger partial charge in [0.05, 0.1) is 0 Å². The van der Waals surface area contributed by atoms with Crippen molar-refractivity contribution < 1.29 is 5.48 Å². The van der Waals surface area contributed by atoms with Gasteiger partial charge in [-0.3, -0.25) is 0 Å². The molecule has 0 amide bonds. The molecule has 140 valence electrons. The molecular formula is C26H18OS2. The highest BCUT2D eigenvalue weighted by atomic mass is 32.1. The molecule has 3 heteroatoms. The molecule has 4 aromatic carbocycles. The lowest BCUT2D eigenvalue weighted by Gasteiger charge is -2.12. The van der Waals surface area contributed by atoms with Gasteiger partial charge >= 0.3 is 0 Å². The SMILES string of the molecule is O.S=C1C=Cc2cccc3cccc1c23.S=C1C=Cc2cccc3cccc1c23. The largest absolute Gasteiger partial charge is 0.412 e. The summed E-state index contributed by atoms with van der Waals surface area (Å²) in [6.07, 6.45) is 8.20. The Kier molecular flexibility index (Phi) is 5.20. The van der Waals surface area contributed by atoms with E-state index in [1.165, 1.54) is 43.8 Å². The average Bonchev–Trinajstić information content (AvgIpc) is 2.74. The van der Waals surface area contributed by atoms with Crippen molar-refractivity contribution in [3.05, 3.63) is 107 Å².